The molecule has 2 aromatic rings. The lowest BCUT2D eigenvalue weighted by Gasteiger charge is -2.36. The van der Waals surface area contributed by atoms with Crippen molar-refractivity contribution in [2.75, 3.05) is 44.6 Å². The van der Waals surface area contributed by atoms with Gasteiger partial charge < -0.3 is 24.4 Å². The van der Waals surface area contributed by atoms with Crippen LogP contribution in [0.25, 0.3) is 0 Å². The number of anilines is 1. The van der Waals surface area contributed by atoms with Crippen LogP contribution in [0.4, 0.5) is 10.1 Å². The second-order valence-corrected chi connectivity index (χ2v) is 15.0. The standard InChI is InChI=1S/C35H52FN3O6S/c1-25-21-39(26(2)24-40)35(41)32-20-30(37-46(42,43)31-16-13-29(36)14-17-31)15-18-33(32)45-27(3)10-8-9-19-44-34(25)23-38(4)22-28-11-6-5-7-12-28/h13-18,20,25-28,34,37,40H,5-12,19,21-24H2,1-4H3/t25-,26-,27+,34-/m1/s1. The molecule has 256 valence electrons. The van der Waals surface area contributed by atoms with Crippen LogP contribution in [0.2, 0.25) is 0 Å². The molecule has 2 N–H and O–H groups in total. The van der Waals surface area contributed by atoms with Gasteiger partial charge in [-0.3, -0.25) is 9.52 Å². The summed E-state index contributed by atoms with van der Waals surface area (Å²) < 4.78 is 54.9. The summed E-state index contributed by atoms with van der Waals surface area (Å²) in [7, 11) is -1.90. The normalized spacial score (nSPS) is 23.3. The van der Waals surface area contributed by atoms with Crippen LogP contribution in [0.15, 0.2) is 47.4 Å². The molecule has 0 saturated heterocycles. The topological polar surface area (TPSA) is 108 Å². The van der Waals surface area contributed by atoms with E-state index in [1.165, 1.54) is 50.3 Å². The third kappa shape index (κ3) is 10.1. The van der Waals surface area contributed by atoms with E-state index >= 15 is 0 Å². The summed E-state index contributed by atoms with van der Waals surface area (Å²) in [6.45, 7) is 8.32. The highest BCUT2D eigenvalue weighted by Crippen LogP contribution is 2.30. The molecule has 46 heavy (non-hydrogen) atoms. The lowest BCUT2D eigenvalue weighted by molar-refractivity contribution is -0.0190. The molecule has 0 bridgehead atoms. The maximum atomic E-state index is 14.3. The molecule has 0 unspecified atom stereocenters. The maximum absolute atomic E-state index is 14.3. The van der Waals surface area contributed by atoms with Gasteiger partial charge in [0.15, 0.2) is 0 Å². The fourth-order valence-corrected chi connectivity index (χ4v) is 7.52. The number of rotatable bonds is 9. The van der Waals surface area contributed by atoms with Gasteiger partial charge in [-0.1, -0.05) is 26.2 Å². The molecular weight excluding hydrogens is 609 g/mol. The molecule has 0 aromatic heterocycles. The van der Waals surface area contributed by atoms with Gasteiger partial charge >= 0.3 is 0 Å². The molecule has 1 heterocycles. The number of benzene rings is 2. The lowest BCUT2D eigenvalue weighted by Crippen LogP contribution is -2.47. The molecule has 0 spiro atoms. The van der Waals surface area contributed by atoms with Crippen molar-refractivity contribution in [2.45, 2.75) is 95.3 Å². The Morgan fingerprint density at radius 2 is 1.72 bits per heavy atom. The van der Waals surface area contributed by atoms with Crippen molar-refractivity contribution in [2.24, 2.45) is 11.8 Å². The number of carbonyl (C=O) groups excluding carboxylic acids is 1. The van der Waals surface area contributed by atoms with Crippen LogP contribution >= 0.6 is 0 Å². The minimum Gasteiger partial charge on any atom is -0.490 e. The van der Waals surface area contributed by atoms with Crippen molar-refractivity contribution < 1.29 is 32.2 Å². The monoisotopic (exact) mass is 661 g/mol. The Labute approximate surface area is 274 Å². The van der Waals surface area contributed by atoms with Crippen molar-refractivity contribution in [3.63, 3.8) is 0 Å². The van der Waals surface area contributed by atoms with Gasteiger partial charge in [-0.15, -0.1) is 0 Å². The summed E-state index contributed by atoms with van der Waals surface area (Å²) in [6.07, 6.45) is 8.68. The molecule has 9 nitrogen and oxygen atoms in total. The Hall–Kier alpha value is -2.73. The summed E-state index contributed by atoms with van der Waals surface area (Å²) in [4.78, 5) is 18.2. The first-order valence-corrected chi connectivity index (χ1v) is 18.3. The van der Waals surface area contributed by atoms with Crippen LogP contribution in [0, 0.1) is 17.7 Å². The van der Waals surface area contributed by atoms with E-state index in [0.717, 1.165) is 44.5 Å². The van der Waals surface area contributed by atoms with E-state index in [1.54, 1.807) is 24.0 Å². The zero-order valence-corrected chi connectivity index (χ0v) is 28.6. The first kappa shape index (κ1) is 36.1. The van der Waals surface area contributed by atoms with Gasteiger partial charge in [0.25, 0.3) is 15.9 Å². The fraction of sp³-hybridized carbons (Fsp3) is 0.629. The van der Waals surface area contributed by atoms with E-state index in [4.69, 9.17) is 9.47 Å². The lowest BCUT2D eigenvalue weighted by atomic mass is 9.89. The molecule has 2 aliphatic rings. The predicted molar refractivity (Wildman–Crippen MR) is 178 cm³/mol. The quantitative estimate of drug-likeness (QED) is 0.343. The molecule has 1 aliphatic heterocycles. The SMILES string of the molecule is C[C@@H]1CN([C@H](C)CO)C(=O)c2cc(NS(=O)(=O)c3ccc(F)cc3)ccc2O[C@@H](C)CCCCO[C@@H]1CN(C)CC1CCCCC1. The molecule has 4 rings (SSSR count). The van der Waals surface area contributed by atoms with Gasteiger partial charge in [0.1, 0.15) is 11.6 Å². The van der Waals surface area contributed by atoms with Gasteiger partial charge in [-0.05, 0) is 101 Å². The number of sulfonamides is 1. The number of carbonyl (C=O) groups is 1. The number of likely N-dealkylation sites (N-methyl/N-ethyl adjacent to an activating group) is 1. The van der Waals surface area contributed by atoms with E-state index in [-0.39, 0.29) is 46.8 Å². The molecule has 1 fully saturated rings. The number of hydrogen-bond donors (Lipinski definition) is 2. The molecule has 2 aromatic carbocycles. The molecule has 0 radical (unpaired) electrons. The van der Waals surface area contributed by atoms with E-state index < -0.39 is 21.9 Å². The average Bonchev–Trinajstić information content (AvgIpc) is 3.03. The van der Waals surface area contributed by atoms with E-state index in [9.17, 15) is 22.7 Å². The second kappa shape index (κ2) is 16.9. The summed E-state index contributed by atoms with van der Waals surface area (Å²) in [5.74, 6) is 0.0933. The minimum absolute atomic E-state index is 0.0434. The largest absolute Gasteiger partial charge is 0.490 e. The van der Waals surface area contributed by atoms with Gasteiger partial charge in [-0.25, -0.2) is 12.8 Å². The number of halogens is 1. The zero-order valence-electron chi connectivity index (χ0n) is 27.8. The zero-order chi connectivity index (χ0) is 33.3. The molecule has 11 heteroatoms. The number of fused-ring (bicyclic) bond motifs is 1. The third-order valence-electron chi connectivity index (χ3n) is 9.21. The first-order valence-electron chi connectivity index (χ1n) is 16.8. The second-order valence-electron chi connectivity index (χ2n) is 13.3. The number of nitrogens with zero attached hydrogens (tertiary/aromatic N) is 2. The average molecular weight is 662 g/mol. The Morgan fingerprint density at radius 3 is 2.41 bits per heavy atom. The summed E-state index contributed by atoms with van der Waals surface area (Å²) in [6, 6.07) is 8.66. The number of amides is 1. The molecule has 1 saturated carbocycles. The van der Waals surface area contributed by atoms with Crippen LogP contribution in [-0.2, 0) is 14.8 Å². The number of hydrogen-bond acceptors (Lipinski definition) is 7. The smallest absolute Gasteiger partial charge is 0.261 e. The van der Waals surface area contributed by atoms with Crippen molar-refractivity contribution >= 4 is 21.6 Å². The van der Waals surface area contributed by atoms with Crippen molar-refractivity contribution in [1.82, 2.24) is 9.80 Å². The van der Waals surface area contributed by atoms with Crippen LogP contribution in [0.1, 0.15) is 82.5 Å². The minimum atomic E-state index is -4.05. The molecule has 4 atom stereocenters. The highest BCUT2D eigenvalue weighted by Gasteiger charge is 2.31. The van der Waals surface area contributed by atoms with Gasteiger partial charge in [0.2, 0.25) is 0 Å². The highest BCUT2D eigenvalue weighted by atomic mass is 32.2. The number of nitrogens with one attached hydrogen (secondary N) is 1. The van der Waals surface area contributed by atoms with Gasteiger partial charge in [0.05, 0.1) is 35.3 Å². The summed E-state index contributed by atoms with van der Waals surface area (Å²) in [5, 5.41) is 10.2. The number of aliphatic hydroxyl groups excluding tert-OH is 1. The first-order chi connectivity index (χ1) is 22.0. The van der Waals surface area contributed by atoms with Crippen LogP contribution < -0.4 is 9.46 Å². The van der Waals surface area contributed by atoms with Crippen molar-refractivity contribution in [1.29, 1.82) is 0 Å². The van der Waals surface area contributed by atoms with Gasteiger partial charge in [0, 0.05) is 37.8 Å². The number of aliphatic hydroxyl groups is 1. The Kier molecular flexibility index (Phi) is 13.3. The molecule has 1 aliphatic carbocycles. The third-order valence-corrected chi connectivity index (χ3v) is 10.6. The van der Waals surface area contributed by atoms with E-state index in [2.05, 4.69) is 23.6 Å². The van der Waals surface area contributed by atoms with Gasteiger partial charge in [-0.2, -0.15) is 0 Å². The maximum Gasteiger partial charge on any atom is 0.261 e. The van der Waals surface area contributed by atoms with Crippen LogP contribution in [-0.4, -0.2) is 87.4 Å². The van der Waals surface area contributed by atoms with Crippen LogP contribution in [0.5, 0.6) is 5.75 Å². The summed E-state index contributed by atoms with van der Waals surface area (Å²) in [5.41, 5.74) is 0.367. The fourth-order valence-electron chi connectivity index (χ4n) is 6.47. The highest BCUT2D eigenvalue weighted by molar-refractivity contribution is 7.92. The summed E-state index contributed by atoms with van der Waals surface area (Å²) >= 11 is 0. The number of ether oxygens (including phenoxy) is 2. The van der Waals surface area contributed by atoms with Crippen molar-refractivity contribution in [3.05, 3.63) is 53.8 Å². The predicted octanol–water partition coefficient (Wildman–Crippen LogP) is 5.93. The van der Waals surface area contributed by atoms with E-state index in [0.29, 0.717) is 24.8 Å². The van der Waals surface area contributed by atoms with Crippen molar-refractivity contribution in [3.8, 4) is 5.75 Å². The Bertz CT molecular complexity index is 1370. The molecule has 1 amide bonds. The Balaban J connectivity index is 1.62. The molecular formula is C35H52FN3O6S. The van der Waals surface area contributed by atoms with Crippen LogP contribution in [0.3, 0.4) is 0 Å². The van der Waals surface area contributed by atoms with E-state index in [1.807, 2.05) is 6.92 Å². The Morgan fingerprint density at radius 1 is 1.02 bits per heavy atom.